The van der Waals surface area contributed by atoms with E-state index < -0.39 is 0 Å². The van der Waals surface area contributed by atoms with Crippen molar-refractivity contribution < 1.29 is 19.1 Å². The Morgan fingerprint density at radius 2 is 1.68 bits per heavy atom. The lowest BCUT2D eigenvalue weighted by molar-refractivity contribution is -0.131. The standard InChI is InChI=1S/C21H23N3O4/c1-16(25)24(18-7-8-19-20(13-18)28-15-27-19)14-21(26)23-11-9-22(10-12-23)17-5-3-2-4-6-17/h2-8,13H,9-12,14-15H2,1H3. The van der Waals surface area contributed by atoms with E-state index in [-0.39, 0.29) is 25.2 Å². The van der Waals surface area contributed by atoms with Crippen LogP contribution in [0.1, 0.15) is 6.92 Å². The fourth-order valence-electron chi connectivity index (χ4n) is 3.53. The Hall–Kier alpha value is -3.22. The number of fused-ring (bicyclic) bond motifs is 1. The largest absolute Gasteiger partial charge is 0.454 e. The van der Waals surface area contributed by atoms with Crippen LogP contribution in [0.5, 0.6) is 11.5 Å². The van der Waals surface area contributed by atoms with E-state index in [0.717, 1.165) is 13.1 Å². The molecule has 0 unspecified atom stereocenters. The lowest BCUT2D eigenvalue weighted by Gasteiger charge is -2.37. The number of hydrogen-bond acceptors (Lipinski definition) is 5. The summed E-state index contributed by atoms with van der Waals surface area (Å²) in [6.07, 6.45) is 0. The zero-order valence-corrected chi connectivity index (χ0v) is 15.8. The van der Waals surface area contributed by atoms with Crippen molar-refractivity contribution in [3.05, 3.63) is 48.5 Å². The van der Waals surface area contributed by atoms with Gasteiger partial charge in [-0.3, -0.25) is 9.59 Å². The summed E-state index contributed by atoms with van der Waals surface area (Å²) < 4.78 is 10.7. The van der Waals surface area contributed by atoms with Crippen molar-refractivity contribution in [3.8, 4) is 11.5 Å². The van der Waals surface area contributed by atoms with Gasteiger partial charge < -0.3 is 24.2 Å². The summed E-state index contributed by atoms with van der Waals surface area (Å²) >= 11 is 0. The second kappa shape index (κ2) is 7.80. The molecule has 0 atom stereocenters. The average Bonchev–Trinajstić information content (AvgIpc) is 3.20. The van der Waals surface area contributed by atoms with Crippen molar-refractivity contribution in [2.75, 3.05) is 49.3 Å². The van der Waals surface area contributed by atoms with Crippen LogP contribution in [-0.4, -0.2) is 56.2 Å². The minimum absolute atomic E-state index is 0.0142. The quantitative estimate of drug-likeness (QED) is 0.812. The van der Waals surface area contributed by atoms with Gasteiger partial charge in [-0.15, -0.1) is 0 Å². The molecule has 146 valence electrons. The molecule has 2 amide bonds. The van der Waals surface area contributed by atoms with Gasteiger partial charge in [0.25, 0.3) is 0 Å². The Bertz CT molecular complexity index is 863. The van der Waals surface area contributed by atoms with Crippen LogP contribution in [0.25, 0.3) is 0 Å². The van der Waals surface area contributed by atoms with Crippen LogP contribution in [0.3, 0.4) is 0 Å². The molecule has 2 aliphatic heterocycles. The van der Waals surface area contributed by atoms with Gasteiger partial charge in [0.2, 0.25) is 18.6 Å². The van der Waals surface area contributed by atoms with Gasteiger partial charge in [-0.2, -0.15) is 0 Å². The highest BCUT2D eigenvalue weighted by molar-refractivity contribution is 5.97. The Kier molecular flexibility index (Phi) is 5.06. The zero-order valence-electron chi connectivity index (χ0n) is 15.8. The molecular weight excluding hydrogens is 358 g/mol. The number of ether oxygens (including phenoxy) is 2. The maximum atomic E-state index is 12.8. The highest BCUT2D eigenvalue weighted by Gasteiger charge is 2.25. The van der Waals surface area contributed by atoms with Crippen LogP contribution in [0.15, 0.2) is 48.5 Å². The van der Waals surface area contributed by atoms with E-state index in [9.17, 15) is 9.59 Å². The van der Waals surface area contributed by atoms with Gasteiger partial charge in [-0.05, 0) is 24.3 Å². The number of amides is 2. The molecule has 0 N–H and O–H groups in total. The minimum atomic E-state index is -0.185. The number of piperazine rings is 1. The van der Waals surface area contributed by atoms with E-state index >= 15 is 0 Å². The van der Waals surface area contributed by atoms with E-state index in [1.54, 1.807) is 18.2 Å². The molecule has 7 heteroatoms. The Morgan fingerprint density at radius 1 is 0.964 bits per heavy atom. The van der Waals surface area contributed by atoms with Gasteiger partial charge >= 0.3 is 0 Å². The van der Waals surface area contributed by atoms with E-state index in [0.29, 0.717) is 30.3 Å². The van der Waals surface area contributed by atoms with Crippen LogP contribution >= 0.6 is 0 Å². The van der Waals surface area contributed by atoms with Gasteiger partial charge in [0.15, 0.2) is 11.5 Å². The predicted molar refractivity (Wildman–Crippen MR) is 106 cm³/mol. The van der Waals surface area contributed by atoms with Crippen molar-refractivity contribution in [3.63, 3.8) is 0 Å². The first kappa shape index (κ1) is 18.2. The fourth-order valence-corrected chi connectivity index (χ4v) is 3.53. The molecule has 1 fully saturated rings. The SMILES string of the molecule is CC(=O)N(CC(=O)N1CCN(c2ccccc2)CC1)c1ccc2c(c1)OCO2. The third-order valence-electron chi connectivity index (χ3n) is 5.10. The van der Waals surface area contributed by atoms with E-state index in [1.807, 2.05) is 23.1 Å². The van der Waals surface area contributed by atoms with Crippen molar-refractivity contribution in [1.82, 2.24) is 4.90 Å². The summed E-state index contributed by atoms with van der Waals surface area (Å²) in [4.78, 5) is 30.6. The predicted octanol–water partition coefficient (Wildman–Crippen LogP) is 2.12. The maximum Gasteiger partial charge on any atom is 0.242 e. The van der Waals surface area contributed by atoms with Crippen molar-refractivity contribution in [1.29, 1.82) is 0 Å². The third-order valence-corrected chi connectivity index (χ3v) is 5.10. The maximum absolute atomic E-state index is 12.8. The van der Waals surface area contributed by atoms with Crippen LogP contribution in [0, 0.1) is 0 Å². The van der Waals surface area contributed by atoms with Crippen LogP contribution in [0.4, 0.5) is 11.4 Å². The summed E-state index contributed by atoms with van der Waals surface area (Å²) in [6, 6.07) is 15.5. The lowest BCUT2D eigenvalue weighted by atomic mass is 10.2. The molecule has 0 saturated carbocycles. The van der Waals surface area contributed by atoms with E-state index in [4.69, 9.17) is 9.47 Å². The zero-order chi connectivity index (χ0) is 19.5. The summed E-state index contributed by atoms with van der Waals surface area (Å²) in [6.45, 7) is 4.48. The van der Waals surface area contributed by atoms with Gasteiger partial charge in [0.1, 0.15) is 6.54 Å². The molecule has 4 rings (SSSR count). The molecule has 0 radical (unpaired) electrons. The fraction of sp³-hybridized carbons (Fsp3) is 0.333. The second-order valence-corrected chi connectivity index (χ2v) is 6.85. The molecule has 0 aliphatic carbocycles. The van der Waals surface area contributed by atoms with Crippen LogP contribution in [0.2, 0.25) is 0 Å². The third kappa shape index (κ3) is 3.74. The Morgan fingerprint density at radius 3 is 2.39 bits per heavy atom. The first-order valence-electron chi connectivity index (χ1n) is 9.37. The summed E-state index contributed by atoms with van der Waals surface area (Å²) in [5.41, 5.74) is 1.80. The van der Waals surface area contributed by atoms with Gasteiger partial charge in [-0.1, -0.05) is 18.2 Å². The molecule has 1 saturated heterocycles. The molecule has 0 spiro atoms. The highest BCUT2D eigenvalue weighted by Crippen LogP contribution is 2.35. The lowest BCUT2D eigenvalue weighted by Crippen LogP contribution is -2.51. The van der Waals surface area contributed by atoms with Gasteiger partial charge in [0, 0.05) is 50.5 Å². The molecular formula is C21H23N3O4. The summed E-state index contributed by atoms with van der Waals surface area (Å²) in [5, 5.41) is 0. The number of carbonyl (C=O) groups excluding carboxylic acids is 2. The number of carbonyl (C=O) groups is 2. The number of nitrogens with zero attached hydrogens (tertiary/aromatic N) is 3. The second-order valence-electron chi connectivity index (χ2n) is 6.85. The smallest absolute Gasteiger partial charge is 0.242 e. The highest BCUT2D eigenvalue weighted by atomic mass is 16.7. The normalized spacial score (nSPS) is 15.5. The first-order chi connectivity index (χ1) is 13.6. The van der Waals surface area contributed by atoms with Crippen molar-refractivity contribution in [2.45, 2.75) is 6.92 Å². The van der Waals surface area contributed by atoms with Gasteiger partial charge in [0.05, 0.1) is 0 Å². The molecule has 2 heterocycles. The number of benzene rings is 2. The minimum Gasteiger partial charge on any atom is -0.454 e. The molecule has 7 nitrogen and oxygen atoms in total. The monoisotopic (exact) mass is 381 g/mol. The molecule has 2 aliphatic rings. The molecule has 28 heavy (non-hydrogen) atoms. The number of para-hydroxylation sites is 1. The molecule has 2 aromatic carbocycles. The van der Waals surface area contributed by atoms with Gasteiger partial charge in [-0.25, -0.2) is 0 Å². The number of anilines is 2. The van der Waals surface area contributed by atoms with E-state index in [1.165, 1.54) is 17.5 Å². The molecule has 0 bridgehead atoms. The Labute approximate surface area is 164 Å². The average molecular weight is 381 g/mol. The first-order valence-corrected chi connectivity index (χ1v) is 9.37. The summed E-state index contributed by atoms with van der Waals surface area (Å²) in [5.74, 6) is 0.999. The van der Waals surface area contributed by atoms with Crippen molar-refractivity contribution >= 4 is 23.2 Å². The number of rotatable bonds is 4. The van der Waals surface area contributed by atoms with Crippen molar-refractivity contribution in [2.24, 2.45) is 0 Å². The molecule has 2 aromatic rings. The Balaban J connectivity index is 1.40. The topological polar surface area (TPSA) is 62.3 Å². The van der Waals surface area contributed by atoms with Crippen LogP contribution < -0.4 is 19.3 Å². The van der Waals surface area contributed by atoms with Crippen LogP contribution in [-0.2, 0) is 9.59 Å². The summed E-state index contributed by atoms with van der Waals surface area (Å²) in [7, 11) is 0. The number of hydrogen-bond donors (Lipinski definition) is 0. The molecule has 0 aromatic heterocycles. The van der Waals surface area contributed by atoms with E-state index in [2.05, 4.69) is 17.0 Å².